The lowest BCUT2D eigenvalue weighted by molar-refractivity contribution is 0.0692. The molecule has 0 saturated carbocycles. The summed E-state index contributed by atoms with van der Waals surface area (Å²) in [6.07, 6.45) is 1.09. The third kappa shape index (κ3) is 3.11. The molecular formula is C15H13FO4S. The van der Waals surface area contributed by atoms with Crippen molar-refractivity contribution in [3.05, 3.63) is 53.3 Å². The van der Waals surface area contributed by atoms with Crippen LogP contribution in [0.15, 0.2) is 41.3 Å². The lowest BCUT2D eigenvalue weighted by atomic mass is 9.98. The minimum absolute atomic E-state index is 0.126. The molecule has 0 fully saturated rings. The molecule has 4 nitrogen and oxygen atoms in total. The summed E-state index contributed by atoms with van der Waals surface area (Å²) < 4.78 is 36.7. The summed E-state index contributed by atoms with van der Waals surface area (Å²) in [6, 6.07) is 8.47. The van der Waals surface area contributed by atoms with Gasteiger partial charge in [0.25, 0.3) is 0 Å². The Hall–Kier alpha value is -2.21. The molecule has 0 amide bonds. The fraction of sp³-hybridized carbons (Fsp3) is 0.133. The van der Waals surface area contributed by atoms with E-state index in [0.717, 1.165) is 12.3 Å². The summed E-state index contributed by atoms with van der Waals surface area (Å²) in [7, 11) is -3.37. The lowest BCUT2D eigenvalue weighted by Crippen LogP contribution is -2.02. The van der Waals surface area contributed by atoms with E-state index >= 15 is 0 Å². The summed E-state index contributed by atoms with van der Waals surface area (Å²) in [5.41, 5.74) is 1.10. The van der Waals surface area contributed by atoms with E-state index in [-0.39, 0.29) is 4.90 Å². The maximum absolute atomic E-state index is 13.6. The first-order chi connectivity index (χ1) is 9.70. The zero-order valence-electron chi connectivity index (χ0n) is 11.4. The van der Waals surface area contributed by atoms with Gasteiger partial charge in [0.2, 0.25) is 0 Å². The molecule has 0 saturated heterocycles. The van der Waals surface area contributed by atoms with Crippen LogP contribution in [0.1, 0.15) is 15.9 Å². The van der Waals surface area contributed by atoms with Gasteiger partial charge in [-0.2, -0.15) is 0 Å². The van der Waals surface area contributed by atoms with Crippen molar-refractivity contribution in [3.63, 3.8) is 0 Å². The molecule has 0 spiro atoms. The van der Waals surface area contributed by atoms with E-state index in [1.807, 2.05) is 0 Å². The minimum Gasteiger partial charge on any atom is -0.478 e. The summed E-state index contributed by atoms with van der Waals surface area (Å²) in [4.78, 5) is 11.1. The molecule has 0 radical (unpaired) electrons. The van der Waals surface area contributed by atoms with Gasteiger partial charge in [-0.3, -0.25) is 0 Å². The molecule has 0 unspecified atom stereocenters. The van der Waals surface area contributed by atoms with Crippen LogP contribution in [0.3, 0.4) is 0 Å². The first kappa shape index (κ1) is 15.2. The standard InChI is InChI=1S/C15H13FO4S/c1-9-6-14(16)13(15(17)18)8-12(9)10-4-3-5-11(7-10)21(2,19)20/h3-8H,1-2H3,(H,17,18). The topological polar surface area (TPSA) is 71.4 Å². The normalized spacial score (nSPS) is 11.4. The number of aromatic carboxylic acids is 1. The highest BCUT2D eigenvalue weighted by Gasteiger charge is 2.15. The van der Waals surface area contributed by atoms with Crippen LogP contribution in [0.25, 0.3) is 11.1 Å². The molecule has 6 heteroatoms. The highest BCUT2D eigenvalue weighted by Crippen LogP contribution is 2.28. The molecule has 110 valence electrons. The lowest BCUT2D eigenvalue weighted by Gasteiger charge is -2.10. The zero-order chi connectivity index (χ0) is 15.8. The van der Waals surface area contributed by atoms with E-state index in [2.05, 4.69) is 0 Å². The van der Waals surface area contributed by atoms with Gasteiger partial charge in [0.1, 0.15) is 5.82 Å². The monoisotopic (exact) mass is 308 g/mol. The van der Waals surface area contributed by atoms with Gasteiger partial charge in [-0.1, -0.05) is 12.1 Å². The van der Waals surface area contributed by atoms with Gasteiger partial charge in [0.15, 0.2) is 9.84 Å². The first-order valence-electron chi connectivity index (χ1n) is 6.04. The number of carboxylic acids is 1. The molecule has 2 rings (SSSR count). The highest BCUT2D eigenvalue weighted by molar-refractivity contribution is 7.90. The Morgan fingerprint density at radius 2 is 1.86 bits per heavy atom. The van der Waals surface area contributed by atoms with E-state index in [4.69, 9.17) is 5.11 Å². The molecule has 0 aliphatic rings. The average molecular weight is 308 g/mol. The molecule has 0 aromatic heterocycles. The van der Waals surface area contributed by atoms with Gasteiger partial charge in [-0.25, -0.2) is 17.6 Å². The quantitative estimate of drug-likeness (QED) is 0.946. The van der Waals surface area contributed by atoms with Gasteiger partial charge in [-0.15, -0.1) is 0 Å². The molecule has 21 heavy (non-hydrogen) atoms. The Labute approximate surface area is 121 Å². The molecule has 1 N–H and O–H groups in total. The molecule has 2 aromatic carbocycles. The number of aryl methyl sites for hydroxylation is 1. The van der Waals surface area contributed by atoms with Crippen LogP contribution in [0.2, 0.25) is 0 Å². The van der Waals surface area contributed by atoms with Crippen molar-refractivity contribution in [2.24, 2.45) is 0 Å². The van der Waals surface area contributed by atoms with E-state index < -0.39 is 27.2 Å². The van der Waals surface area contributed by atoms with Crippen molar-refractivity contribution >= 4 is 15.8 Å². The van der Waals surface area contributed by atoms with Gasteiger partial charge in [0.05, 0.1) is 10.5 Å². The Morgan fingerprint density at radius 1 is 1.19 bits per heavy atom. The van der Waals surface area contributed by atoms with Crippen LogP contribution in [-0.4, -0.2) is 25.7 Å². The minimum atomic E-state index is -3.37. The predicted molar refractivity (Wildman–Crippen MR) is 76.6 cm³/mol. The first-order valence-corrected chi connectivity index (χ1v) is 7.93. The number of hydrogen-bond acceptors (Lipinski definition) is 3. The Bertz CT molecular complexity index is 826. The molecular weight excluding hydrogens is 295 g/mol. The second kappa shape index (κ2) is 5.29. The fourth-order valence-corrected chi connectivity index (χ4v) is 2.71. The van der Waals surface area contributed by atoms with Crippen molar-refractivity contribution in [2.45, 2.75) is 11.8 Å². The third-order valence-electron chi connectivity index (χ3n) is 3.12. The SMILES string of the molecule is Cc1cc(F)c(C(=O)O)cc1-c1cccc(S(C)(=O)=O)c1. The summed E-state index contributed by atoms with van der Waals surface area (Å²) in [5.74, 6) is -2.18. The Kier molecular flexibility index (Phi) is 3.82. The van der Waals surface area contributed by atoms with Crippen molar-refractivity contribution in [3.8, 4) is 11.1 Å². The zero-order valence-corrected chi connectivity index (χ0v) is 12.2. The van der Waals surface area contributed by atoms with Gasteiger partial charge in [0, 0.05) is 6.26 Å². The number of rotatable bonds is 3. The van der Waals surface area contributed by atoms with E-state index in [9.17, 15) is 17.6 Å². The van der Waals surface area contributed by atoms with Crippen molar-refractivity contribution in [1.82, 2.24) is 0 Å². The molecule has 0 bridgehead atoms. The summed E-state index contributed by atoms with van der Waals surface area (Å²) in [5, 5.41) is 8.98. The second-order valence-electron chi connectivity index (χ2n) is 4.75. The summed E-state index contributed by atoms with van der Waals surface area (Å²) in [6.45, 7) is 1.64. The van der Waals surface area contributed by atoms with E-state index in [1.165, 1.54) is 18.2 Å². The van der Waals surface area contributed by atoms with Gasteiger partial charge < -0.3 is 5.11 Å². The number of halogens is 1. The van der Waals surface area contributed by atoms with Crippen molar-refractivity contribution < 1.29 is 22.7 Å². The van der Waals surface area contributed by atoms with Gasteiger partial charge in [-0.05, 0) is 47.9 Å². The number of carbonyl (C=O) groups is 1. The van der Waals surface area contributed by atoms with Crippen LogP contribution < -0.4 is 0 Å². The molecule has 2 aromatic rings. The number of hydrogen-bond donors (Lipinski definition) is 1. The average Bonchev–Trinajstić information content (AvgIpc) is 2.37. The van der Waals surface area contributed by atoms with E-state index in [1.54, 1.807) is 19.1 Å². The molecule has 0 aliphatic carbocycles. The Balaban J connectivity index is 2.67. The van der Waals surface area contributed by atoms with Crippen LogP contribution in [0.4, 0.5) is 4.39 Å². The van der Waals surface area contributed by atoms with E-state index in [0.29, 0.717) is 16.7 Å². The molecule has 0 heterocycles. The van der Waals surface area contributed by atoms with Gasteiger partial charge >= 0.3 is 5.97 Å². The number of sulfone groups is 1. The highest BCUT2D eigenvalue weighted by atomic mass is 32.2. The smallest absolute Gasteiger partial charge is 0.338 e. The Morgan fingerprint density at radius 3 is 2.43 bits per heavy atom. The summed E-state index contributed by atoms with van der Waals surface area (Å²) >= 11 is 0. The third-order valence-corrected chi connectivity index (χ3v) is 4.23. The van der Waals surface area contributed by atoms with Crippen LogP contribution in [0, 0.1) is 12.7 Å². The van der Waals surface area contributed by atoms with Crippen LogP contribution >= 0.6 is 0 Å². The molecule has 0 atom stereocenters. The maximum Gasteiger partial charge on any atom is 0.338 e. The van der Waals surface area contributed by atoms with Crippen LogP contribution in [-0.2, 0) is 9.84 Å². The van der Waals surface area contributed by atoms with Crippen LogP contribution in [0.5, 0.6) is 0 Å². The predicted octanol–water partition coefficient (Wildman–Crippen LogP) is 2.90. The maximum atomic E-state index is 13.6. The van der Waals surface area contributed by atoms with Crippen molar-refractivity contribution in [2.75, 3.05) is 6.26 Å². The fourth-order valence-electron chi connectivity index (χ4n) is 2.04. The number of carboxylic acid groups (broad SMARTS) is 1. The second-order valence-corrected chi connectivity index (χ2v) is 6.77. The number of benzene rings is 2. The van der Waals surface area contributed by atoms with Crippen molar-refractivity contribution in [1.29, 1.82) is 0 Å². The molecule has 0 aliphatic heterocycles. The largest absolute Gasteiger partial charge is 0.478 e.